The molecule has 0 amide bonds. The van der Waals surface area contributed by atoms with Crippen LogP contribution in [0.3, 0.4) is 0 Å². The number of ether oxygens (including phenoxy) is 4. The average Bonchev–Trinajstić information content (AvgIpc) is 3.14. The molecule has 2 unspecified atom stereocenters. The second-order valence-corrected chi connectivity index (χ2v) is 11.9. The van der Waals surface area contributed by atoms with Crippen molar-refractivity contribution in [3.05, 3.63) is 155 Å². The van der Waals surface area contributed by atoms with E-state index < -0.39 is 0 Å². The molecular weight excluding hydrogens is 638 g/mol. The molecule has 0 aliphatic carbocycles. The molecule has 10 heteroatoms. The normalized spacial score (nSPS) is 16.0. The van der Waals surface area contributed by atoms with E-state index in [4.69, 9.17) is 30.4 Å². The van der Waals surface area contributed by atoms with Gasteiger partial charge in [-0.05, 0) is 97.5 Å². The minimum atomic E-state index is -0.265. The molecule has 2 aliphatic heterocycles. The lowest BCUT2D eigenvalue weighted by atomic mass is 9.97. The van der Waals surface area contributed by atoms with Crippen molar-refractivity contribution in [2.75, 3.05) is 11.5 Å². The lowest BCUT2D eigenvalue weighted by Crippen LogP contribution is -2.16. The zero-order chi connectivity index (χ0) is 34.5. The molecule has 0 bridgehead atoms. The Hall–Kier alpha value is -6.16. The topological polar surface area (TPSA) is 115 Å². The molecule has 2 aromatic heterocycles. The van der Waals surface area contributed by atoms with Crippen molar-refractivity contribution in [1.29, 1.82) is 0 Å². The van der Waals surface area contributed by atoms with Crippen molar-refractivity contribution in [3.8, 4) is 34.8 Å². The van der Waals surface area contributed by atoms with Gasteiger partial charge in [0.05, 0.1) is 23.8 Å². The molecule has 6 aromatic rings. The van der Waals surface area contributed by atoms with Gasteiger partial charge in [0, 0.05) is 23.3 Å². The van der Waals surface area contributed by atoms with E-state index in [-0.39, 0.29) is 23.8 Å². The van der Waals surface area contributed by atoms with Crippen LogP contribution >= 0.6 is 0 Å². The van der Waals surface area contributed by atoms with Crippen LogP contribution in [-0.2, 0) is 12.8 Å². The van der Waals surface area contributed by atoms with Crippen molar-refractivity contribution < 1.29 is 27.7 Å². The highest BCUT2D eigenvalue weighted by Gasteiger charge is 2.25. The van der Waals surface area contributed by atoms with E-state index in [2.05, 4.69) is 9.97 Å². The van der Waals surface area contributed by atoms with E-state index in [1.54, 1.807) is 60.9 Å². The summed E-state index contributed by atoms with van der Waals surface area (Å²) in [4.78, 5) is 8.25. The fraction of sp³-hybridized carbons (Fsp3) is 0.150. The largest absolute Gasteiger partial charge is 0.485 e. The van der Waals surface area contributed by atoms with Crippen LogP contribution in [0.2, 0.25) is 0 Å². The Morgan fingerprint density at radius 1 is 0.560 bits per heavy atom. The van der Waals surface area contributed by atoms with Gasteiger partial charge in [0.25, 0.3) is 0 Å². The zero-order valence-corrected chi connectivity index (χ0v) is 27.0. The average molecular weight is 673 g/mol. The summed E-state index contributed by atoms with van der Waals surface area (Å²) >= 11 is 0. The molecule has 2 aliphatic rings. The summed E-state index contributed by atoms with van der Waals surface area (Å²) in [6.45, 7) is 0. The van der Waals surface area contributed by atoms with Crippen LogP contribution in [-0.4, -0.2) is 9.97 Å². The number of hydrogen-bond acceptors (Lipinski definition) is 8. The number of fused-ring (bicyclic) bond motifs is 2. The second kappa shape index (κ2) is 14.5. The number of halogens is 2. The number of rotatable bonds is 6. The summed E-state index contributed by atoms with van der Waals surface area (Å²) in [5, 5.41) is 0. The monoisotopic (exact) mass is 672 g/mol. The SMILES string of the molecule is Nc1ccc(Oc2ccc3c(c2)CCC(c2ccccc2F)O3)nc1.Nc1ccc(Oc2ccc3c(c2)CCC(c2ccccc2F)O3)nc1. The van der Waals surface area contributed by atoms with Gasteiger partial charge in [0.1, 0.15) is 46.8 Å². The number of nitrogens with two attached hydrogens (primary N) is 2. The highest BCUT2D eigenvalue weighted by atomic mass is 19.1. The van der Waals surface area contributed by atoms with Crippen molar-refractivity contribution >= 4 is 11.4 Å². The van der Waals surface area contributed by atoms with Gasteiger partial charge >= 0.3 is 0 Å². The number of nitrogen functional groups attached to an aromatic ring is 2. The maximum atomic E-state index is 14.0. The molecular formula is C40H34F2N4O4. The maximum absolute atomic E-state index is 14.0. The summed E-state index contributed by atoms with van der Waals surface area (Å²) in [5.41, 5.74) is 15.7. The standard InChI is InChI=1S/2C20H17FN2O2/c2*21-17-4-2-1-3-16(17)19-8-5-13-11-15(7-9-18(13)25-19)24-20-10-6-14(22)12-23-20/h2*1-4,6-7,9-12,19H,5,8,22H2. The lowest BCUT2D eigenvalue weighted by molar-refractivity contribution is 0.171. The Morgan fingerprint density at radius 2 is 1.00 bits per heavy atom. The fourth-order valence-electron chi connectivity index (χ4n) is 5.91. The van der Waals surface area contributed by atoms with Crippen LogP contribution in [0.4, 0.5) is 20.2 Å². The predicted molar refractivity (Wildman–Crippen MR) is 187 cm³/mol. The summed E-state index contributed by atoms with van der Waals surface area (Å²) in [5.74, 6) is 3.39. The van der Waals surface area contributed by atoms with Crippen molar-refractivity contribution in [3.63, 3.8) is 0 Å². The number of pyridine rings is 2. The van der Waals surface area contributed by atoms with Gasteiger partial charge in [-0.3, -0.25) is 0 Å². The minimum Gasteiger partial charge on any atom is -0.485 e. The minimum absolute atomic E-state index is 0.231. The van der Waals surface area contributed by atoms with Gasteiger partial charge < -0.3 is 30.4 Å². The zero-order valence-electron chi connectivity index (χ0n) is 27.0. The number of anilines is 2. The molecule has 8 nitrogen and oxygen atoms in total. The van der Waals surface area contributed by atoms with Crippen LogP contribution in [0.5, 0.6) is 34.8 Å². The van der Waals surface area contributed by atoms with E-state index in [0.717, 1.165) is 48.3 Å². The summed E-state index contributed by atoms with van der Waals surface area (Å²) in [6.07, 6.45) is 5.60. The van der Waals surface area contributed by atoms with Gasteiger partial charge in [-0.1, -0.05) is 36.4 Å². The van der Waals surface area contributed by atoms with Crippen LogP contribution < -0.4 is 30.4 Å². The first-order valence-electron chi connectivity index (χ1n) is 16.2. The molecule has 4 heterocycles. The summed E-state index contributed by atoms with van der Waals surface area (Å²) in [7, 11) is 0. The van der Waals surface area contributed by atoms with Gasteiger partial charge in [-0.2, -0.15) is 0 Å². The van der Waals surface area contributed by atoms with E-state index in [1.165, 1.54) is 12.1 Å². The van der Waals surface area contributed by atoms with Gasteiger partial charge in [0.15, 0.2) is 0 Å². The third-order valence-corrected chi connectivity index (χ3v) is 8.42. The van der Waals surface area contributed by atoms with Crippen LogP contribution in [0.15, 0.2) is 122 Å². The van der Waals surface area contributed by atoms with E-state index >= 15 is 0 Å². The van der Waals surface area contributed by atoms with Crippen LogP contribution in [0.25, 0.3) is 0 Å². The molecule has 0 spiro atoms. The van der Waals surface area contributed by atoms with Crippen molar-refractivity contribution in [1.82, 2.24) is 9.97 Å². The molecule has 4 aromatic carbocycles. The molecule has 0 radical (unpaired) electrons. The first-order valence-corrected chi connectivity index (χ1v) is 16.2. The molecule has 0 saturated heterocycles. The van der Waals surface area contributed by atoms with Crippen molar-refractivity contribution in [2.24, 2.45) is 0 Å². The predicted octanol–water partition coefficient (Wildman–Crippen LogP) is 9.32. The van der Waals surface area contributed by atoms with Crippen LogP contribution in [0.1, 0.15) is 47.3 Å². The Labute approximate surface area is 288 Å². The first kappa shape index (κ1) is 32.4. The van der Waals surface area contributed by atoms with E-state index in [1.807, 2.05) is 48.5 Å². The summed E-state index contributed by atoms with van der Waals surface area (Å²) in [6, 6.07) is 31.6. The molecule has 0 fully saturated rings. The lowest BCUT2D eigenvalue weighted by Gasteiger charge is -2.27. The van der Waals surface area contributed by atoms with Gasteiger partial charge in [0.2, 0.25) is 11.8 Å². The molecule has 4 N–H and O–H groups in total. The number of aryl methyl sites for hydroxylation is 2. The summed E-state index contributed by atoms with van der Waals surface area (Å²) < 4.78 is 51.4. The molecule has 0 saturated carbocycles. The highest BCUT2D eigenvalue weighted by Crippen LogP contribution is 2.39. The van der Waals surface area contributed by atoms with Gasteiger partial charge in [-0.15, -0.1) is 0 Å². The smallest absolute Gasteiger partial charge is 0.219 e. The Morgan fingerprint density at radius 3 is 1.40 bits per heavy atom. The second-order valence-electron chi connectivity index (χ2n) is 11.9. The number of hydrogen-bond donors (Lipinski definition) is 2. The molecule has 50 heavy (non-hydrogen) atoms. The van der Waals surface area contributed by atoms with E-state index in [9.17, 15) is 8.78 Å². The number of aromatic nitrogens is 2. The Balaban J connectivity index is 0.000000157. The Bertz CT molecular complexity index is 1940. The first-order chi connectivity index (χ1) is 24.4. The van der Waals surface area contributed by atoms with Gasteiger partial charge in [-0.25, -0.2) is 18.7 Å². The Kier molecular flexibility index (Phi) is 9.41. The number of nitrogens with zero attached hydrogens (tertiary/aromatic N) is 2. The van der Waals surface area contributed by atoms with Crippen molar-refractivity contribution in [2.45, 2.75) is 37.9 Å². The third kappa shape index (κ3) is 7.60. The molecule has 252 valence electrons. The quantitative estimate of drug-likeness (QED) is 0.180. The fourth-order valence-corrected chi connectivity index (χ4v) is 5.91. The van der Waals surface area contributed by atoms with Crippen LogP contribution in [0, 0.1) is 11.6 Å². The molecule has 2 atom stereocenters. The number of benzene rings is 4. The highest BCUT2D eigenvalue weighted by molar-refractivity contribution is 5.46. The van der Waals surface area contributed by atoms with E-state index in [0.29, 0.717) is 45.8 Å². The third-order valence-electron chi connectivity index (χ3n) is 8.42. The molecule has 8 rings (SSSR count). The maximum Gasteiger partial charge on any atom is 0.219 e.